The Labute approximate surface area is 106 Å². The number of aryl methyl sites for hydroxylation is 2. The topological polar surface area (TPSA) is 47.3 Å². The highest BCUT2D eigenvalue weighted by molar-refractivity contribution is 5.47. The summed E-state index contributed by atoms with van der Waals surface area (Å²) in [6.07, 6.45) is 5.18. The average Bonchev–Trinajstić information content (AvgIpc) is 2.95. The molecule has 1 N–H and O–H groups in total. The Hall–Kier alpha value is -1.81. The van der Waals surface area contributed by atoms with Crippen molar-refractivity contribution in [3.8, 4) is 5.75 Å². The molecule has 1 aromatic heterocycles. The summed E-state index contributed by atoms with van der Waals surface area (Å²) < 4.78 is 6.96. The van der Waals surface area contributed by atoms with E-state index in [1.165, 1.54) is 5.56 Å². The van der Waals surface area contributed by atoms with Gasteiger partial charge in [-0.2, -0.15) is 5.10 Å². The fourth-order valence-electron chi connectivity index (χ4n) is 2.67. The molecule has 4 heteroatoms. The van der Waals surface area contributed by atoms with Crippen LogP contribution in [0.15, 0.2) is 30.6 Å². The van der Waals surface area contributed by atoms with Crippen molar-refractivity contribution in [2.24, 2.45) is 7.05 Å². The molecule has 0 aliphatic heterocycles. The van der Waals surface area contributed by atoms with Crippen LogP contribution in [0.25, 0.3) is 0 Å². The van der Waals surface area contributed by atoms with E-state index < -0.39 is 5.60 Å². The predicted octanol–water partition coefficient (Wildman–Crippen LogP) is 1.61. The Bertz CT molecular complexity index is 591. The monoisotopic (exact) mass is 244 g/mol. The number of rotatable bonds is 2. The molecule has 0 radical (unpaired) electrons. The van der Waals surface area contributed by atoms with Gasteiger partial charge in [0.15, 0.2) is 0 Å². The van der Waals surface area contributed by atoms with Crippen LogP contribution in [0.5, 0.6) is 5.75 Å². The van der Waals surface area contributed by atoms with Crippen molar-refractivity contribution in [1.29, 1.82) is 0 Å². The first-order valence-electron chi connectivity index (χ1n) is 6.02. The lowest BCUT2D eigenvalue weighted by Crippen LogP contribution is -2.23. The fourth-order valence-corrected chi connectivity index (χ4v) is 2.67. The van der Waals surface area contributed by atoms with Crippen molar-refractivity contribution >= 4 is 0 Å². The minimum atomic E-state index is -0.932. The SMILES string of the molecule is COc1ccc2c(c1)C(O)(c1cnn(C)c1)CC2. The maximum atomic E-state index is 10.9. The number of hydrogen-bond acceptors (Lipinski definition) is 3. The third-order valence-electron chi connectivity index (χ3n) is 3.70. The minimum absolute atomic E-state index is 0.696. The van der Waals surface area contributed by atoms with E-state index in [4.69, 9.17) is 4.74 Å². The van der Waals surface area contributed by atoms with Crippen LogP contribution in [0.4, 0.5) is 0 Å². The van der Waals surface area contributed by atoms with Crippen molar-refractivity contribution < 1.29 is 9.84 Å². The first-order valence-corrected chi connectivity index (χ1v) is 6.02. The van der Waals surface area contributed by atoms with Gasteiger partial charge in [0.05, 0.1) is 13.3 Å². The maximum absolute atomic E-state index is 10.9. The zero-order valence-corrected chi connectivity index (χ0v) is 10.6. The smallest absolute Gasteiger partial charge is 0.119 e. The van der Waals surface area contributed by atoms with E-state index in [1.807, 2.05) is 31.4 Å². The third-order valence-corrected chi connectivity index (χ3v) is 3.70. The van der Waals surface area contributed by atoms with E-state index in [-0.39, 0.29) is 0 Å². The summed E-state index contributed by atoms with van der Waals surface area (Å²) in [7, 11) is 3.49. The van der Waals surface area contributed by atoms with Gasteiger partial charge in [-0.15, -0.1) is 0 Å². The molecular formula is C14H16N2O2. The van der Waals surface area contributed by atoms with Crippen molar-refractivity contribution in [3.63, 3.8) is 0 Å². The number of nitrogens with zero attached hydrogens (tertiary/aromatic N) is 2. The van der Waals surface area contributed by atoms with Gasteiger partial charge >= 0.3 is 0 Å². The zero-order chi connectivity index (χ0) is 12.8. The summed E-state index contributed by atoms with van der Waals surface area (Å²) in [4.78, 5) is 0. The molecule has 94 valence electrons. The standard InChI is InChI=1S/C14H16N2O2/c1-16-9-11(8-15-16)14(17)6-5-10-3-4-12(18-2)7-13(10)14/h3-4,7-9,17H,5-6H2,1-2H3. The maximum Gasteiger partial charge on any atom is 0.119 e. The van der Waals surface area contributed by atoms with E-state index in [9.17, 15) is 5.11 Å². The summed E-state index contributed by atoms with van der Waals surface area (Å²) in [5, 5.41) is 15.1. The van der Waals surface area contributed by atoms with Crippen molar-refractivity contribution in [1.82, 2.24) is 9.78 Å². The van der Waals surface area contributed by atoms with Crippen LogP contribution in [0, 0.1) is 0 Å². The van der Waals surface area contributed by atoms with Crippen LogP contribution >= 0.6 is 0 Å². The number of fused-ring (bicyclic) bond motifs is 1. The van der Waals surface area contributed by atoms with Gasteiger partial charge in [0, 0.05) is 18.8 Å². The summed E-state index contributed by atoms with van der Waals surface area (Å²) >= 11 is 0. The quantitative estimate of drug-likeness (QED) is 0.873. The van der Waals surface area contributed by atoms with Gasteiger partial charge in [0.1, 0.15) is 11.4 Å². The van der Waals surface area contributed by atoms with Gasteiger partial charge in [-0.3, -0.25) is 4.68 Å². The Morgan fingerprint density at radius 3 is 2.94 bits per heavy atom. The summed E-state index contributed by atoms with van der Waals surface area (Å²) in [5.41, 5.74) is 2.03. The normalized spacial score (nSPS) is 21.9. The number of aromatic nitrogens is 2. The molecular weight excluding hydrogens is 228 g/mol. The summed E-state index contributed by atoms with van der Waals surface area (Å²) in [6, 6.07) is 5.89. The molecule has 18 heavy (non-hydrogen) atoms. The first-order chi connectivity index (χ1) is 8.63. The van der Waals surface area contributed by atoms with Crippen molar-refractivity contribution in [2.45, 2.75) is 18.4 Å². The summed E-state index contributed by atoms with van der Waals surface area (Å²) in [6.45, 7) is 0. The molecule has 2 aromatic rings. The predicted molar refractivity (Wildman–Crippen MR) is 67.5 cm³/mol. The Morgan fingerprint density at radius 2 is 2.28 bits per heavy atom. The molecule has 1 aromatic carbocycles. The fraction of sp³-hybridized carbons (Fsp3) is 0.357. The van der Waals surface area contributed by atoms with E-state index >= 15 is 0 Å². The molecule has 0 saturated carbocycles. The van der Waals surface area contributed by atoms with Crippen molar-refractivity contribution in [2.75, 3.05) is 7.11 Å². The average molecular weight is 244 g/mol. The lowest BCUT2D eigenvalue weighted by molar-refractivity contribution is 0.0826. The Balaban J connectivity index is 2.12. The molecule has 1 atom stereocenters. The number of methoxy groups -OCH3 is 1. The van der Waals surface area contributed by atoms with Crippen molar-refractivity contribution in [3.05, 3.63) is 47.3 Å². The molecule has 0 bridgehead atoms. The largest absolute Gasteiger partial charge is 0.497 e. The van der Waals surface area contributed by atoms with Gasteiger partial charge in [0.25, 0.3) is 0 Å². The van der Waals surface area contributed by atoms with Gasteiger partial charge in [0.2, 0.25) is 0 Å². The van der Waals surface area contributed by atoms with E-state index in [1.54, 1.807) is 18.0 Å². The second kappa shape index (κ2) is 3.85. The number of aliphatic hydroxyl groups is 1. The second-order valence-electron chi connectivity index (χ2n) is 4.79. The third kappa shape index (κ3) is 1.53. The Morgan fingerprint density at radius 1 is 1.44 bits per heavy atom. The molecule has 1 unspecified atom stereocenters. The highest BCUT2D eigenvalue weighted by Gasteiger charge is 2.39. The molecule has 0 spiro atoms. The van der Waals surface area contributed by atoms with Gasteiger partial charge in [-0.1, -0.05) is 6.07 Å². The molecule has 4 nitrogen and oxygen atoms in total. The Kier molecular flexibility index (Phi) is 2.41. The molecule has 3 rings (SSSR count). The second-order valence-corrected chi connectivity index (χ2v) is 4.79. The molecule has 1 aliphatic carbocycles. The van der Waals surface area contributed by atoms with Crippen LogP contribution in [0.2, 0.25) is 0 Å². The lowest BCUT2D eigenvalue weighted by atomic mass is 9.90. The van der Waals surface area contributed by atoms with E-state index in [2.05, 4.69) is 5.10 Å². The number of hydrogen-bond donors (Lipinski definition) is 1. The lowest BCUT2D eigenvalue weighted by Gasteiger charge is -2.22. The highest BCUT2D eigenvalue weighted by Crippen LogP contribution is 2.43. The van der Waals surface area contributed by atoms with Crippen LogP contribution in [0.3, 0.4) is 0 Å². The number of ether oxygens (including phenoxy) is 1. The highest BCUT2D eigenvalue weighted by atomic mass is 16.5. The molecule has 0 amide bonds. The van der Waals surface area contributed by atoms with Gasteiger partial charge in [-0.05, 0) is 36.1 Å². The molecule has 1 aliphatic rings. The van der Waals surface area contributed by atoms with Crippen LogP contribution in [0.1, 0.15) is 23.1 Å². The molecule has 0 saturated heterocycles. The number of benzene rings is 1. The van der Waals surface area contributed by atoms with Gasteiger partial charge in [-0.25, -0.2) is 0 Å². The van der Waals surface area contributed by atoms with E-state index in [0.717, 1.165) is 23.3 Å². The van der Waals surface area contributed by atoms with Crippen LogP contribution in [-0.4, -0.2) is 22.0 Å². The van der Waals surface area contributed by atoms with Crippen LogP contribution < -0.4 is 4.74 Å². The molecule has 1 heterocycles. The molecule has 0 fully saturated rings. The van der Waals surface area contributed by atoms with Crippen LogP contribution in [-0.2, 0) is 19.1 Å². The first kappa shape index (κ1) is 11.3. The van der Waals surface area contributed by atoms with E-state index in [0.29, 0.717) is 6.42 Å². The minimum Gasteiger partial charge on any atom is -0.497 e. The zero-order valence-electron chi connectivity index (χ0n) is 10.6. The summed E-state index contributed by atoms with van der Waals surface area (Å²) in [5.74, 6) is 0.776. The van der Waals surface area contributed by atoms with Gasteiger partial charge < -0.3 is 9.84 Å².